The molecular formula is C11H13N3S2. The Labute approximate surface area is 103 Å². The highest BCUT2D eigenvalue weighted by Gasteiger charge is 2.13. The van der Waals surface area contributed by atoms with E-state index in [1.807, 2.05) is 25.1 Å². The fourth-order valence-corrected chi connectivity index (χ4v) is 3.24. The van der Waals surface area contributed by atoms with Gasteiger partial charge in [0.1, 0.15) is 5.82 Å². The van der Waals surface area contributed by atoms with Gasteiger partial charge < -0.3 is 5.73 Å². The number of benzene rings is 1. The molecule has 0 saturated heterocycles. The molecule has 84 valence electrons. The second-order valence-corrected chi connectivity index (χ2v) is 5.56. The maximum atomic E-state index is 5.80. The van der Waals surface area contributed by atoms with E-state index in [0.29, 0.717) is 6.54 Å². The summed E-state index contributed by atoms with van der Waals surface area (Å²) in [5.74, 6) is 0.830. The summed E-state index contributed by atoms with van der Waals surface area (Å²) in [5.41, 5.74) is 7.03. The first kappa shape index (κ1) is 11.6. The predicted octanol–water partition coefficient (Wildman–Crippen LogP) is 2.64. The number of nitrogens with two attached hydrogens (primary N) is 1. The van der Waals surface area contributed by atoms with Crippen molar-refractivity contribution in [2.75, 3.05) is 6.54 Å². The van der Waals surface area contributed by atoms with Crippen LogP contribution in [0.2, 0.25) is 0 Å². The Kier molecular flexibility index (Phi) is 3.93. The Balaban J connectivity index is 2.12. The summed E-state index contributed by atoms with van der Waals surface area (Å²) in [7, 11) is 0. The van der Waals surface area contributed by atoms with Gasteiger partial charge in [0.2, 0.25) is 0 Å². The van der Waals surface area contributed by atoms with E-state index in [2.05, 4.69) is 21.5 Å². The minimum absolute atomic E-state index is 0.258. The molecule has 0 aliphatic rings. The van der Waals surface area contributed by atoms with Gasteiger partial charge in [-0.1, -0.05) is 42.1 Å². The van der Waals surface area contributed by atoms with Crippen LogP contribution in [0, 0.1) is 6.92 Å². The van der Waals surface area contributed by atoms with Crippen molar-refractivity contribution in [1.29, 1.82) is 0 Å². The Morgan fingerprint density at radius 1 is 1.38 bits per heavy atom. The predicted molar refractivity (Wildman–Crippen MR) is 68.7 cm³/mol. The van der Waals surface area contributed by atoms with Gasteiger partial charge in [0, 0.05) is 11.8 Å². The molecule has 0 bridgehead atoms. The first-order valence-corrected chi connectivity index (χ1v) is 6.67. The van der Waals surface area contributed by atoms with Crippen LogP contribution in [-0.4, -0.2) is 15.9 Å². The average Bonchev–Trinajstić information content (AvgIpc) is 2.73. The normalized spacial score (nSPS) is 12.6. The number of aromatic nitrogens is 2. The molecule has 1 aromatic heterocycles. The van der Waals surface area contributed by atoms with Gasteiger partial charge in [-0.3, -0.25) is 0 Å². The number of hydrogen-bond donors (Lipinski definition) is 1. The van der Waals surface area contributed by atoms with Crippen LogP contribution in [0.25, 0.3) is 0 Å². The molecule has 1 aromatic carbocycles. The van der Waals surface area contributed by atoms with Crippen LogP contribution in [0.1, 0.15) is 16.6 Å². The van der Waals surface area contributed by atoms with Crippen molar-refractivity contribution in [1.82, 2.24) is 9.36 Å². The summed E-state index contributed by atoms with van der Waals surface area (Å²) >= 11 is 3.12. The molecule has 2 N–H and O–H groups in total. The van der Waals surface area contributed by atoms with E-state index in [1.54, 1.807) is 11.8 Å². The highest BCUT2D eigenvalue weighted by Crippen LogP contribution is 2.34. The molecule has 2 rings (SSSR count). The van der Waals surface area contributed by atoms with Crippen LogP contribution in [-0.2, 0) is 0 Å². The van der Waals surface area contributed by atoms with Crippen LogP contribution >= 0.6 is 23.3 Å². The van der Waals surface area contributed by atoms with Crippen molar-refractivity contribution in [2.45, 2.75) is 16.5 Å². The first-order chi connectivity index (χ1) is 7.79. The summed E-state index contributed by atoms with van der Waals surface area (Å²) < 4.78 is 5.15. The fraction of sp³-hybridized carbons (Fsp3) is 0.273. The zero-order valence-corrected chi connectivity index (χ0v) is 10.6. The molecule has 1 unspecified atom stereocenters. The van der Waals surface area contributed by atoms with Gasteiger partial charge in [-0.2, -0.15) is 4.37 Å². The summed E-state index contributed by atoms with van der Waals surface area (Å²) in [5, 5.41) is 0.258. The van der Waals surface area contributed by atoms with Crippen LogP contribution in [0.4, 0.5) is 0 Å². The van der Waals surface area contributed by atoms with Gasteiger partial charge in [0.25, 0.3) is 0 Å². The lowest BCUT2D eigenvalue weighted by molar-refractivity contribution is 0.938. The summed E-state index contributed by atoms with van der Waals surface area (Å²) in [6, 6.07) is 10.3. The van der Waals surface area contributed by atoms with E-state index < -0.39 is 0 Å². The van der Waals surface area contributed by atoms with Crippen LogP contribution < -0.4 is 5.73 Å². The van der Waals surface area contributed by atoms with Crippen LogP contribution in [0.3, 0.4) is 0 Å². The van der Waals surface area contributed by atoms with Crippen LogP contribution in [0.15, 0.2) is 34.7 Å². The molecular weight excluding hydrogens is 238 g/mol. The summed E-state index contributed by atoms with van der Waals surface area (Å²) in [6.45, 7) is 2.51. The molecule has 5 heteroatoms. The summed E-state index contributed by atoms with van der Waals surface area (Å²) in [6.07, 6.45) is 0. The second kappa shape index (κ2) is 5.43. The first-order valence-electron chi connectivity index (χ1n) is 5.01. The number of nitrogens with zero attached hydrogens (tertiary/aromatic N) is 2. The highest BCUT2D eigenvalue weighted by atomic mass is 32.2. The van der Waals surface area contributed by atoms with E-state index in [1.165, 1.54) is 17.1 Å². The smallest absolute Gasteiger partial charge is 0.170 e. The monoisotopic (exact) mass is 251 g/mol. The van der Waals surface area contributed by atoms with Gasteiger partial charge in [0.15, 0.2) is 4.34 Å². The van der Waals surface area contributed by atoms with Gasteiger partial charge in [-0.25, -0.2) is 4.98 Å². The molecule has 0 aliphatic carbocycles. The Hall–Kier alpha value is -0.910. The standard InChI is InChI=1S/C11H13N3S2/c1-8-13-11(16-14-8)15-10(7-12)9-5-3-2-4-6-9/h2-6,10H,7,12H2,1H3. The summed E-state index contributed by atoms with van der Waals surface area (Å²) in [4.78, 5) is 4.34. The Morgan fingerprint density at radius 3 is 2.69 bits per heavy atom. The molecule has 2 aromatic rings. The quantitative estimate of drug-likeness (QED) is 0.849. The Bertz CT molecular complexity index is 442. The maximum absolute atomic E-state index is 5.80. The third-order valence-electron chi connectivity index (χ3n) is 2.14. The lowest BCUT2D eigenvalue weighted by atomic mass is 10.1. The molecule has 0 saturated carbocycles. The van der Waals surface area contributed by atoms with Crippen LogP contribution in [0.5, 0.6) is 0 Å². The molecule has 0 radical (unpaired) electrons. The van der Waals surface area contributed by atoms with Crippen molar-refractivity contribution in [3.63, 3.8) is 0 Å². The molecule has 3 nitrogen and oxygen atoms in total. The molecule has 0 fully saturated rings. The van der Waals surface area contributed by atoms with E-state index >= 15 is 0 Å². The van der Waals surface area contributed by atoms with Crippen molar-refractivity contribution in [3.05, 3.63) is 41.7 Å². The topological polar surface area (TPSA) is 51.8 Å². The zero-order chi connectivity index (χ0) is 11.4. The molecule has 16 heavy (non-hydrogen) atoms. The molecule has 1 heterocycles. The number of aryl methyl sites for hydroxylation is 1. The van der Waals surface area contributed by atoms with E-state index in [9.17, 15) is 0 Å². The minimum atomic E-state index is 0.258. The lowest BCUT2D eigenvalue weighted by Gasteiger charge is -2.12. The van der Waals surface area contributed by atoms with Crippen molar-refractivity contribution in [3.8, 4) is 0 Å². The van der Waals surface area contributed by atoms with Crippen molar-refractivity contribution < 1.29 is 0 Å². The maximum Gasteiger partial charge on any atom is 0.170 e. The third-order valence-corrected chi connectivity index (χ3v) is 4.29. The average molecular weight is 251 g/mol. The SMILES string of the molecule is Cc1nsc(SC(CN)c2ccccc2)n1. The number of hydrogen-bond acceptors (Lipinski definition) is 5. The lowest BCUT2D eigenvalue weighted by Crippen LogP contribution is -2.08. The van der Waals surface area contributed by atoms with Gasteiger partial charge in [-0.05, 0) is 24.0 Å². The molecule has 0 spiro atoms. The second-order valence-electron chi connectivity index (χ2n) is 3.36. The van der Waals surface area contributed by atoms with E-state index in [-0.39, 0.29) is 5.25 Å². The van der Waals surface area contributed by atoms with E-state index in [0.717, 1.165) is 10.2 Å². The minimum Gasteiger partial charge on any atom is -0.329 e. The fourth-order valence-electron chi connectivity index (χ4n) is 1.37. The molecule has 0 aliphatic heterocycles. The molecule has 0 amide bonds. The largest absolute Gasteiger partial charge is 0.329 e. The number of thioether (sulfide) groups is 1. The highest BCUT2D eigenvalue weighted by molar-refractivity contribution is 8.01. The van der Waals surface area contributed by atoms with Gasteiger partial charge >= 0.3 is 0 Å². The van der Waals surface area contributed by atoms with Gasteiger partial charge in [0.05, 0.1) is 0 Å². The molecule has 1 atom stereocenters. The van der Waals surface area contributed by atoms with Crippen molar-refractivity contribution >= 4 is 23.3 Å². The Morgan fingerprint density at radius 2 is 2.12 bits per heavy atom. The third kappa shape index (κ3) is 2.81. The zero-order valence-electron chi connectivity index (χ0n) is 8.96. The van der Waals surface area contributed by atoms with Crippen molar-refractivity contribution in [2.24, 2.45) is 5.73 Å². The van der Waals surface area contributed by atoms with E-state index in [4.69, 9.17) is 5.73 Å². The van der Waals surface area contributed by atoms with Gasteiger partial charge in [-0.15, -0.1) is 0 Å². The number of rotatable bonds is 4.